The van der Waals surface area contributed by atoms with Gasteiger partial charge in [-0.3, -0.25) is 4.98 Å². The Bertz CT molecular complexity index is 809. The fourth-order valence-corrected chi connectivity index (χ4v) is 2.73. The van der Waals surface area contributed by atoms with Gasteiger partial charge in [-0.05, 0) is 43.2 Å². The lowest BCUT2D eigenvalue weighted by Gasteiger charge is -2.13. The highest BCUT2D eigenvalue weighted by molar-refractivity contribution is 6.36. The minimum atomic E-state index is 0.679. The first-order valence-electron chi connectivity index (χ1n) is 6.48. The number of rotatable bonds is 1. The van der Waals surface area contributed by atoms with E-state index in [0.29, 0.717) is 10.7 Å². The topological polar surface area (TPSA) is 38.9 Å². The molecule has 3 heteroatoms. The summed E-state index contributed by atoms with van der Waals surface area (Å²) in [5, 5.41) is 1.57. The van der Waals surface area contributed by atoms with Crippen molar-refractivity contribution >= 4 is 28.2 Å². The molecule has 0 fully saturated rings. The van der Waals surface area contributed by atoms with Gasteiger partial charge in [0.1, 0.15) is 0 Å². The molecule has 0 saturated heterocycles. The molecule has 0 unspecified atom stereocenters. The van der Waals surface area contributed by atoms with Crippen molar-refractivity contribution in [3.8, 4) is 11.1 Å². The number of fused-ring (bicyclic) bond motifs is 1. The smallest absolute Gasteiger partial charge is 0.0952 e. The van der Waals surface area contributed by atoms with Crippen LogP contribution in [0.15, 0.2) is 42.6 Å². The number of anilines is 1. The normalized spacial score (nSPS) is 10.9. The SMILES string of the molecule is Cc1ccc(C)c(-c2cc(Cl)c3cccnc3c2N)c1. The first-order valence-corrected chi connectivity index (χ1v) is 6.86. The average Bonchev–Trinajstić information content (AvgIpc) is 2.46. The van der Waals surface area contributed by atoms with Crippen molar-refractivity contribution in [1.82, 2.24) is 4.98 Å². The summed E-state index contributed by atoms with van der Waals surface area (Å²) >= 11 is 6.38. The standard InChI is InChI=1S/C17H15ClN2/c1-10-5-6-11(2)13(8-10)14-9-15(18)12-4-3-7-20-17(12)16(14)19/h3-9H,19H2,1-2H3. The highest BCUT2D eigenvalue weighted by Gasteiger charge is 2.13. The molecule has 2 N–H and O–H groups in total. The highest BCUT2D eigenvalue weighted by Crippen LogP contribution is 2.37. The van der Waals surface area contributed by atoms with Gasteiger partial charge in [0.2, 0.25) is 0 Å². The average molecular weight is 283 g/mol. The molecular weight excluding hydrogens is 268 g/mol. The first-order chi connectivity index (χ1) is 9.58. The van der Waals surface area contributed by atoms with Gasteiger partial charge in [-0.1, -0.05) is 35.4 Å². The van der Waals surface area contributed by atoms with Crippen molar-refractivity contribution in [2.45, 2.75) is 13.8 Å². The van der Waals surface area contributed by atoms with Gasteiger partial charge in [0.25, 0.3) is 0 Å². The summed E-state index contributed by atoms with van der Waals surface area (Å²) < 4.78 is 0. The van der Waals surface area contributed by atoms with E-state index < -0.39 is 0 Å². The predicted molar refractivity (Wildman–Crippen MR) is 86.1 cm³/mol. The highest BCUT2D eigenvalue weighted by atomic mass is 35.5. The summed E-state index contributed by atoms with van der Waals surface area (Å²) in [4.78, 5) is 4.37. The third kappa shape index (κ3) is 2.02. The predicted octanol–water partition coefficient (Wildman–Crippen LogP) is 4.75. The van der Waals surface area contributed by atoms with Gasteiger partial charge < -0.3 is 5.73 Å². The van der Waals surface area contributed by atoms with Crippen LogP contribution in [0, 0.1) is 13.8 Å². The molecule has 0 aliphatic carbocycles. The largest absolute Gasteiger partial charge is 0.396 e. The number of benzene rings is 2. The molecule has 0 amide bonds. The van der Waals surface area contributed by atoms with Crippen molar-refractivity contribution in [1.29, 1.82) is 0 Å². The van der Waals surface area contributed by atoms with Gasteiger partial charge in [0.05, 0.1) is 16.2 Å². The molecule has 3 aromatic rings. The lowest BCUT2D eigenvalue weighted by Crippen LogP contribution is -1.96. The molecule has 0 aliphatic rings. The molecule has 0 spiro atoms. The number of hydrogen-bond donors (Lipinski definition) is 1. The Labute approximate surface area is 123 Å². The first kappa shape index (κ1) is 12.9. The van der Waals surface area contributed by atoms with E-state index in [1.54, 1.807) is 6.20 Å². The van der Waals surface area contributed by atoms with Crippen LogP contribution in [0.5, 0.6) is 0 Å². The lowest BCUT2D eigenvalue weighted by atomic mass is 9.96. The van der Waals surface area contributed by atoms with Gasteiger partial charge in [-0.2, -0.15) is 0 Å². The maximum atomic E-state index is 6.38. The number of hydrogen-bond acceptors (Lipinski definition) is 2. The third-order valence-corrected chi connectivity index (χ3v) is 3.88. The van der Waals surface area contributed by atoms with E-state index in [0.717, 1.165) is 22.0 Å². The fourth-order valence-electron chi connectivity index (χ4n) is 2.47. The van der Waals surface area contributed by atoms with Gasteiger partial charge in [0.15, 0.2) is 0 Å². The molecule has 20 heavy (non-hydrogen) atoms. The zero-order valence-corrected chi connectivity index (χ0v) is 12.2. The second kappa shape index (κ2) is 4.80. The van der Waals surface area contributed by atoms with Gasteiger partial charge in [-0.25, -0.2) is 0 Å². The molecule has 0 aliphatic heterocycles. The van der Waals surface area contributed by atoms with Crippen LogP contribution < -0.4 is 5.73 Å². The zero-order valence-electron chi connectivity index (χ0n) is 11.4. The van der Waals surface area contributed by atoms with Crippen LogP contribution >= 0.6 is 11.6 Å². The monoisotopic (exact) mass is 282 g/mol. The van der Waals surface area contributed by atoms with Crippen LogP contribution in [0.2, 0.25) is 5.02 Å². The Hall–Kier alpha value is -2.06. The molecular formula is C17H15ClN2. The second-order valence-electron chi connectivity index (χ2n) is 5.04. The summed E-state index contributed by atoms with van der Waals surface area (Å²) in [6.07, 6.45) is 1.74. The number of pyridine rings is 1. The molecule has 100 valence electrons. The maximum absolute atomic E-state index is 6.38. The summed E-state index contributed by atoms with van der Waals surface area (Å²) in [6.45, 7) is 4.14. The number of nitrogens with zero attached hydrogens (tertiary/aromatic N) is 1. The van der Waals surface area contributed by atoms with Crippen LogP contribution in [-0.4, -0.2) is 4.98 Å². The molecule has 1 heterocycles. The second-order valence-corrected chi connectivity index (χ2v) is 5.44. The molecule has 2 nitrogen and oxygen atoms in total. The van der Waals surface area contributed by atoms with Crippen molar-refractivity contribution < 1.29 is 0 Å². The maximum Gasteiger partial charge on any atom is 0.0952 e. The Morgan fingerprint density at radius 1 is 1.05 bits per heavy atom. The van der Waals surface area contributed by atoms with Crippen molar-refractivity contribution in [3.63, 3.8) is 0 Å². The molecule has 0 radical (unpaired) electrons. The zero-order chi connectivity index (χ0) is 14.3. The number of aromatic nitrogens is 1. The van der Waals surface area contributed by atoms with E-state index in [1.807, 2.05) is 18.2 Å². The van der Waals surface area contributed by atoms with E-state index in [4.69, 9.17) is 17.3 Å². The minimum absolute atomic E-state index is 0.679. The molecule has 1 aromatic heterocycles. The Morgan fingerprint density at radius 2 is 1.85 bits per heavy atom. The van der Waals surface area contributed by atoms with Crippen molar-refractivity contribution in [2.24, 2.45) is 0 Å². The molecule has 2 aromatic carbocycles. The van der Waals surface area contributed by atoms with Crippen LogP contribution in [0.4, 0.5) is 5.69 Å². The Balaban J connectivity index is 2.37. The fraction of sp³-hybridized carbons (Fsp3) is 0.118. The lowest BCUT2D eigenvalue weighted by molar-refractivity contribution is 1.38. The minimum Gasteiger partial charge on any atom is -0.396 e. The van der Waals surface area contributed by atoms with E-state index in [2.05, 4.69) is 37.0 Å². The van der Waals surface area contributed by atoms with Crippen LogP contribution in [0.1, 0.15) is 11.1 Å². The van der Waals surface area contributed by atoms with Gasteiger partial charge >= 0.3 is 0 Å². The number of nitrogens with two attached hydrogens (primary N) is 1. The van der Waals surface area contributed by atoms with E-state index in [9.17, 15) is 0 Å². The summed E-state index contributed by atoms with van der Waals surface area (Å²) in [5.74, 6) is 0. The number of halogens is 1. The number of nitrogen functional groups attached to an aromatic ring is 1. The molecule has 0 bridgehead atoms. The third-order valence-electron chi connectivity index (χ3n) is 3.56. The molecule has 3 rings (SSSR count). The van der Waals surface area contributed by atoms with E-state index >= 15 is 0 Å². The number of aryl methyl sites for hydroxylation is 2. The summed E-state index contributed by atoms with van der Waals surface area (Å²) in [6, 6.07) is 12.1. The Morgan fingerprint density at radius 3 is 2.65 bits per heavy atom. The van der Waals surface area contributed by atoms with Crippen LogP contribution in [-0.2, 0) is 0 Å². The van der Waals surface area contributed by atoms with Crippen LogP contribution in [0.3, 0.4) is 0 Å². The molecule has 0 saturated carbocycles. The quantitative estimate of drug-likeness (QED) is 0.654. The summed E-state index contributed by atoms with van der Waals surface area (Å²) in [7, 11) is 0. The van der Waals surface area contributed by atoms with Crippen molar-refractivity contribution in [3.05, 3.63) is 58.7 Å². The molecule has 0 atom stereocenters. The van der Waals surface area contributed by atoms with Gasteiger partial charge in [-0.15, -0.1) is 0 Å². The van der Waals surface area contributed by atoms with E-state index in [-0.39, 0.29) is 0 Å². The van der Waals surface area contributed by atoms with Crippen LogP contribution in [0.25, 0.3) is 22.0 Å². The van der Waals surface area contributed by atoms with Gasteiger partial charge in [0, 0.05) is 17.1 Å². The summed E-state index contributed by atoms with van der Waals surface area (Å²) in [5.41, 5.74) is 12.2. The van der Waals surface area contributed by atoms with Crippen molar-refractivity contribution in [2.75, 3.05) is 5.73 Å². The van der Waals surface area contributed by atoms with E-state index in [1.165, 1.54) is 11.1 Å². The Kier molecular flexibility index (Phi) is 3.11.